The molecule has 5 atom stereocenters. The third kappa shape index (κ3) is 6.97. The molecule has 1 N–H and O–H groups in total. The highest BCUT2D eigenvalue weighted by Gasteiger charge is 2.42. The number of thioether (sulfide) groups is 1. The molecule has 1 heterocycles. The Bertz CT molecular complexity index is 423. The summed E-state index contributed by atoms with van der Waals surface area (Å²) in [6.45, 7) is 2.20. The van der Waals surface area contributed by atoms with Gasteiger partial charge in [0.05, 0.1) is 13.2 Å². The second-order valence-electron chi connectivity index (χ2n) is 7.71. The summed E-state index contributed by atoms with van der Waals surface area (Å²) in [5.41, 5.74) is 0. The fourth-order valence-corrected chi connectivity index (χ4v) is 6.22. The van der Waals surface area contributed by atoms with Crippen molar-refractivity contribution in [2.24, 2.45) is 11.8 Å². The normalized spacial score (nSPS) is 29.9. The van der Waals surface area contributed by atoms with Crippen LogP contribution in [0.5, 0.6) is 0 Å². The van der Waals surface area contributed by atoms with Gasteiger partial charge in [-0.1, -0.05) is 44.8 Å². The summed E-state index contributed by atoms with van der Waals surface area (Å²) < 4.78 is 4.70. The molecule has 0 bridgehead atoms. The number of methoxy groups -OCH3 is 1. The molecule has 4 heteroatoms. The van der Waals surface area contributed by atoms with Crippen molar-refractivity contribution in [2.45, 2.75) is 94.2 Å². The maximum absolute atomic E-state index is 11.2. The molecule has 1 saturated heterocycles. The van der Waals surface area contributed by atoms with E-state index in [-0.39, 0.29) is 12.1 Å². The molecule has 2 aliphatic rings. The van der Waals surface area contributed by atoms with E-state index in [1.807, 2.05) is 0 Å². The molecule has 1 aliphatic carbocycles. The lowest BCUT2D eigenvalue weighted by molar-refractivity contribution is -0.140. The molecule has 144 valence electrons. The SMILES string of the molecule is CCCCC[C@H](O)C=C[C@H]1CC[C@H]2SC(CCCCC(=O)OC)C[C@H]12. The van der Waals surface area contributed by atoms with E-state index < -0.39 is 0 Å². The predicted octanol–water partition coefficient (Wildman–Crippen LogP) is 5.12. The minimum Gasteiger partial charge on any atom is -0.469 e. The van der Waals surface area contributed by atoms with Crippen LogP contribution in [0.3, 0.4) is 0 Å². The molecule has 0 aromatic heterocycles. The number of aliphatic hydroxyl groups excluding tert-OH is 1. The van der Waals surface area contributed by atoms with Crippen molar-refractivity contribution < 1.29 is 14.6 Å². The number of rotatable bonds is 11. The van der Waals surface area contributed by atoms with Crippen molar-refractivity contribution in [3.63, 3.8) is 0 Å². The first-order chi connectivity index (χ1) is 12.1. The molecular weight excluding hydrogens is 332 g/mol. The highest BCUT2D eigenvalue weighted by atomic mass is 32.2. The van der Waals surface area contributed by atoms with Crippen molar-refractivity contribution in [1.29, 1.82) is 0 Å². The number of unbranched alkanes of at least 4 members (excludes halogenated alkanes) is 3. The Kier molecular flexibility index (Phi) is 9.40. The molecule has 0 radical (unpaired) electrons. The molecule has 1 saturated carbocycles. The van der Waals surface area contributed by atoms with Crippen molar-refractivity contribution in [1.82, 2.24) is 0 Å². The Balaban J connectivity index is 1.67. The van der Waals surface area contributed by atoms with Gasteiger partial charge in [0, 0.05) is 16.9 Å². The van der Waals surface area contributed by atoms with Gasteiger partial charge in [-0.3, -0.25) is 4.79 Å². The Morgan fingerprint density at radius 2 is 2.12 bits per heavy atom. The van der Waals surface area contributed by atoms with Crippen molar-refractivity contribution >= 4 is 17.7 Å². The van der Waals surface area contributed by atoms with Crippen LogP contribution in [0, 0.1) is 11.8 Å². The zero-order valence-corrected chi connectivity index (χ0v) is 16.8. The van der Waals surface area contributed by atoms with Crippen molar-refractivity contribution in [2.75, 3.05) is 7.11 Å². The van der Waals surface area contributed by atoms with E-state index in [4.69, 9.17) is 4.74 Å². The topological polar surface area (TPSA) is 46.5 Å². The zero-order valence-electron chi connectivity index (χ0n) is 16.0. The summed E-state index contributed by atoms with van der Waals surface area (Å²) in [6, 6.07) is 0. The third-order valence-electron chi connectivity index (χ3n) is 5.78. The molecule has 0 aromatic rings. The first kappa shape index (κ1) is 20.8. The summed E-state index contributed by atoms with van der Waals surface area (Å²) >= 11 is 2.19. The van der Waals surface area contributed by atoms with Crippen molar-refractivity contribution in [3.8, 4) is 0 Å². The van der Waals surface area contributed by atoms with Gasteiger partial charge in [-0.15, -0.1) is 0 Å². The predicted molar refractivity (Wildman–Crippen MR) is 106 cm³/mol. The van der Waals surface area contributed by atoms with Crippen molar-refractivity contribution in [3.05, 3.63) is 12.2 Å². The molecular formula is C21H36O3S. The van der Waals surface area contributed by atoms with E-state index >= 15 is 0 Å². The summed E-state index contributed by atoms with van der Waals surface area (Å²) in [5.74, 6) is 1.38. The van der Waals surface area contributed by atoms with Gasteiger partial charge in [0.25, 0.3) is 0 Å². The van der Waals surface area contributed by atoms with Gasteiger partial charge in [0.2, 0.25) is 0 Å². The maximum Gasteiger partial charge on any atom is 0.305 e. The smallest absolute Gasteiger partial charge is 0.305 e. The Morgan fingerprint density at radius 1 is 1.28 bits per heavy atom. The summed E-state index contributed by atoms with van der Waals surface area (Å²) in [7, 11) is 1.46. The van der Waals surface area contributed by atoms with Gasteiger partial charge >= 0.3 is 5.97 Å². The van der Waals surface area contributed by atoms with Gasteiger partial charge in [-0.25, -0.2) is 0 Å². The number of ether oxygens (including phenoxy) is 1. The molecule has 25 heavy (non-hydrogen) atoms. The second kappa shape index (κ2) is 11.3. The van der Waals surface area contributed by atoms with Gasteiger partial charge < -0.3 is 9.84 Å². The zero-order chi connectivity index (χ0) is 18.1. The minimum absolute atomic E-state index is 0.0846. The number of hydrogen-bond donors (Lipinski definition) is 1. The van der Waals surface area contributed by atoms with Gasteiger partial charge in [0.15, 0.2) is 0 Å². The standard InChI is InChI=1S/C21H36O3S/c1-3-4-5-8-17(22)13-11-16-12-14-20-19(16)15-18(25-20)9-6-7-10-21(23)24-2/h11,13,16-20,22H,3-10,12,14-15H2,1-2H3/t16-,17-,18?,19+,20+/m0/s1. The Labute approximate surface area is 158 Å². The number of aliphatic hydroxyl groups is 1. The lowest BCUT2D eigenvalue weighted by atomic mass is 9.89. The fourth-order valence-electron chi connectivity index (χ4n) is 4.30. The molecule has 1 aliphatic heterocycles. The van der Waals surface area contributed by atoms with Crippen LogP contribution in [0.4, 0.5) is 0 Å². The molecule has 2 rings (SSSR count). The Morgan fingerprint density at radius 3 is 2.88 bits per heavy atom. The van der Waals surface area contributed by atoms with E-state index in [1.165, 1.54) is 45.6 Å². The lowest BCUT2D eigenvalue weighted by Gasteiger charge is -2.15. The van der Waals surface area contributed by atoms with E-state index in [2.05, 4.69) is 30.8 Å². The molecule has 0 spiro atoms. The lowest BCUT2D eigenvalue weighted by Crippen LogP contribution is -2.12. The van der Waals surface area contributed by atoms with Crippen LogP contribution >= 0.6 is 11.8 Å². The number of carbonyl (C=O) groups is 1. The van der Waals surface area contributed by atoms with Crippen LogP contribution in [-0.2, 0) is 9.53 Å². The summed E-state index contributed by atoms with van der Waals surface area (Å²) in [6.07, 6.45) is 16.4. The molecule has 3 nitrogen and oxygen atoms in total. The average Bonchev–Trinajstić information content (AvgIpc) is 3.17. The van der Waals surface area contributed by atoms with Crippen LogP contribution in [-0.4, -0.2) is 34.8 Å². The number of carbonyl (C=O) groups excluding carboxylic acids is 1. The molecule has 2 fully saturated rings. The Hall–Kier alpha value is -0.480. The second-order valence-corrected chi connectivity index (χ2v) is 9.25. The van der Waals surface area contributed by atoms with Gasteiger partial charge in [-0.05, 0) is 50.4 Å². The van der Waals surface area contributed by atoms with E-state index in [0.717, 1.165) is 42.1 Å². The quantitative estimate of drug-likeness (QED) is 0.312. The number of allylic oxidation sites excluding steroid dienone is 1. The third-order valence-corrected chi connectivity index (χ3v) is 7.53. The first-order valence-corrected chi connectivity index (χ1v) is 11.2. The van der Waals surface area contributed by atoms with Crippen LogP contribution in [0.1, 0.15) is 77.6 Å². The molecule has 1 unspecified atom stereocenters. The monoisotopic (exact) mass is 368 g/mol. The highest BCUT2D eigenvalue weighted by molar-refractivity contribution is 8.00. The molecule has 0 amide bonds. The average molecular weight is 369 g/mol. The van der Waals surface area contributed by atoms with E-state index in [9.17, 15) is 9.90 Å². The van der Waals surface area contributed by atoms with Crippen LogP contribution < -0.4 is 0 Å². The number of fused-ring (bicyclic) bond motifs is 1. The van der Waals surface area contributed by atoms with Crippen LogP contribution in [0.25, 0.3) is 0 Å². The fraction of sp³-hybridized carbons (Fsp3) is 0.857. The van der Waals surface area contributed by atoms with E-state index in [0.29, 0.717) is 12.3 Å². The number of hydrogen-bond acceptors (Lipinski definition) is 4. The minimum atomic E-state index is -0.256. The number of esters is 1. The largest absolute Gasteiger partial charge is 0.469 e. The highest BCUT2D eigenvalue weighted by Crippen LogP contribution is 2.52. The van der Waals surface area contributed by atoms with Gasteiger partial charge in [0.1, 0.15) is 0 Å². The summed E-state index contributed by atoms with van der Waals surface area (Å²) in [5, 5.41) is 11.7. The van der Waals surface area contributed by atoms with Gasteiger partial charge in [-0.2, -0.15) is 11.8 Å². The van der Waals surface area contributed by atoms with E-state index in [1.54, 1.807) is 0 Å². The van der Waals surface area contributed by atoms with Crippen LogP contribution in [0.2, 0.25) is 0 Å². The summed E-state index contributed by atoms with van der Waals surface area (Å²) in [4.78, 5) is 11.2. The molecule has 0 aromatic carbocycles. The first-order valence-electron chi connectivity index (χ1n) is 10.2. The maximum atomic E-state index is 11.2. The van der Waals surface area contributed by atoms with Crippen LogP contribution in [0.15, 0.2) is 12.2 Å².